The highest BCUT2D eigenvalue weighted by atomic mass is 16.5. The van der Waals surface area contributed by atoms with Crippen molar-refractivity contribution in [2.75, 3.05) is 24.6 Å². The van der Waals surface area contributed by atoms with Gasteiger partial charge in [0, 0.05) is 12.6 Å². The molecule has 0 fully saturated rings. The molecule has 4 nitrogen and oxygen atoms in total. The molecule has 0 aromatic carbocycles. The lowest BCUT2D eigenvalue weighted by Gasteiger charge is -2.18. The van der Waals surface area contributed by atoms with E-state index in [1.54, 1.807) is 13.0 Å². The molecule has 0 unspecified atom stereocenters. The molecule has 1 rings (SSSR count). The van der Waals surface area contributed by atoms with E-state index in [0.717, 1.165) is 12.4 Å². The van der Waals surface area contributed by atoms with E-state index in [-0.39, 0.29) is 0 Å². The van der Waals surface area contributed by atoms with Crippen molar-refractivity contribution in [3.05, 3.63) is 12.4 Å². The smallest absolute Gasteiger partial charge is 0.219 e. The fraction of sp³-hybridized carbons (Fsp3) is 0.429. The van der Waals surface area contributed by atoms with Gasteiger partial charge < -0.3 is 9.64 Å². The van der Waals surface area contributed by atoms with Crippen molar-refractivity contribution in [3.8, 4) is 29.6 Å². The van der Waals surface area contributed by atoms with E-state index < -0.39 is 0 Å². The van der Waals surface area contributed by atoms with Crippen LogP contribution in [0.25, 0.3) is 0 Å². The predicted octanol–water partition coefficient (Wildman–Crippen LogP) is 1.73. The number of rotatable bonds is 5. The Balaban J connectivity index is 2.76. The SMILES string of the molecule is CC#CCOc1cc(N(CC)CC#CC)ncn1. The zero-order valence-electron chi connectivity index (χ0n) is 11.0. The van der Waals surface area contributed by atoms with Gasteiger partial charge >= 0.3 is 0 Å². The molecule has 0 atom stereocenters. The monoisotopic (exact) mass is 243 g/mol. The highest BCUT2D eigenvalue weighted by molar-refractivity contribution is 5.42. The third kappa shape index (κ3) is 4.35. The number of ether oxygens (including phenoxy) is 1. The van der Waals surface area contributed by atoms with Crippen LogP contribution in [-0.2, 0) is 0 Å². The van der Waals surface area contributed by atoms with Crippen LogP contribution in [-0.4, -0.2) is 29.7 Å². The summed E-state index contributed by atoms with van der Waals surface area (Å²) in [5.41, 5.74) is 0. The molecule has 0 bridgehead atoms. The molecule has 18 heavy (non-hydrogen) atoms. The molecule has 0 saturated carbocycles. The molecule has 0 spiro atoms. The Hall–Kier alpha value is -2.20. The molecular formula is C14H17N3O. The van der Waals surface area contributed by atoms with Crippen LogP contribution in [0, 0.1) is 23.7 Å². The third-order valence-corrected chi connectivity index (χ3v) is 2.25. The van der Waals surface area contributed by atoms with Crippen molar-refractivity contribution in [2.24, 2.45) is 0 Å². The van der Waals surface area contributed by atoms with Crippen LogP contribution in [0.15, 0.2) is 12.4 Å². The Kier molecular flexibility index (Phi) is 6.14. The maximum absolute atomic E-state index is 5.40. The Bertz CT molecular complexity index is 491. The minimum atomic E-state index is 0.341. The molecule has 1 heterocycles. The summed E-state index contributed by atoms with van der Waals surface area (Å²) in [4.78, 5) is 10.3. The summed E-state index contributed by atoms with van der Waals surface area (Å²) in [5, 5.41) is 0. The summed E-state index contributed by atoms with van der Waals surface area (Å²) in [6.07, 6.45) is 1.49. The molecule has 0 aliphatic carbocycles. The quantitative estimate of drug-likeness (QED) is 0.738. The standard InChI is InChI=1S/C14H17N3O/c1-4-7-9-17(6-3)13-11-14(16-12-15-13)18-10-8-5-2/h11-12H,6,9-10H2,1-3H3. The highest BCUT2D eigenvalue weighted by Crippen LogP contribution is 2.14. The first-order valence-corrected chi connectivity index (χ1v) is 5.80. The summed E-state index contributed by atoms with van der Waals surface area (Å²) in [6, 6.07) is 1.80. The van der Waals surface area contributed by atoms with Crippen molar-refractivity contribution in [1.29, 1.82) is 0 Å². The Labute approximate surface area is 108 Å². The molecule has 0 radical (unpaired) electrons. The third-order valence-electron chi connectivity index (χ3n) is 2.25. The van der Waals surface area contributed by atoms with Crippen LogP contribution >= 0.6 is 0 Å². The lowest BCUT2D eigenvalue weighted by Crippen LogP contribution is -2.24. The number of nitrogens with zero attached hydrogens (tertiary/aromatic N) is 3. The van der Waals surface area contributed by atoms with Crippen molar-refractivity contribution in [3.63, 3.8) is 0 Å². The molecule has 1 aromatic rings. The van der Waals surface area contributed by atoms with Crippen molar-refractivity contribution >= 4 is 5.82 Å². The van der Waals surface area contributed by atoms with Gasteiger partial charge in [-0.2, -0.15) is 0 Å². The second-order valence-corrected chi connectivity index (χ2v) is 3.37. The van der Waals surface area contributed by atoms with Gasteiger partial charge in [0.2, 0.25) is 5.88 Å². The van der Waals surface area contributed by atoms with Crippen LogP contribution in [0.1, 0.15) is 20.8 Å². The first-order chi connectivity index (χ1) is 8.81. The van der Waals surface area contributed by atoms with E-state index in [4.69, 9.17) is 4.74 Å². The van der Waals surface area contributed by atoms with Crippen molar-refractivity contribution in [2.45, 2.75) is 20.8 Å². The lowest BCUT2D eigenvalue weighted by molar-refractivity contribution is 0.354. The molecule has 1 aromatic heterocycles. The van der Waals surface area contributed by atoms with Crippen LogP contribution in [0.5, 0.6) is 5.88 Å². The maximum atomic E-state index is 5.40. The van der Waals surface area contributed by atoms with Gasteiger partial charge in [0.1, 0.15) is 12.1 Å². The van der Waals surface area contributed by atoms with Gasteiger partial charge in [0.05, 0.1) is 6.54 Å². The fourth-order valence-corrected chi connectivity index (χ4v) is 1.29. The topological polar surface area (TPSA) is 38.2 Å². The second kappa shape index (κ2) is 7.97. The molecular weight excluding hydrogens is 226 g/mol. The average Bonchev–Trinajstić information content (AvgIpc) is 2.40. The molecule has 0 aliphatic heterocycles. The van der Waals surface area contributed by atoms with E-state index in [9.17, 15) is 0 Å². The lowest BCUT2D eigenvalue weighted by atomic mass is 10.4. The number of hydrogen-bond acceptors (Lipinski definition) is 4. The molecule has 4 heteroatoms. The summed E-state index contributed by atoms with van der Waals surface area (Å²) >= 11 is 0. The van der Waals surface area contributed by atoms with E-state index in [2.05, 4.69) is 45.5 Å². The van der Waals surface area contributed by atoms with Gasteiger partial charge in [0.15, 0.2) is 6.61 Å². The number of anilines is 1. The average molecular weight is 243 g/mol. The summed E-state index contributed by atoms with van der Waals surface area (Å²) < 4.78 is 5.40. The highest BCUT2D eigenvalue weighted by Gasteiger charge is 2.06. The minimum Gasteiger partial charge on any atom is -0.464 e. The van der Waals surface area contributed by atoms with Crippen molar-refractivity contribution < 1.29 is 4.74 Å². The summed E-state index contributed by atoms with van der Waals surface area (Å²) in [7, 11) is 0. The van der Waals surface area contributed by atoms with Crippen LogP contribution in [0.2, 0.25) is 0 Å². The zero-order valence-corrected chi connectivity index (χ0v) is 11.0. The number of hydrogen-bond donors (Lipinski definition) is 0. The van der Waals surface area contributed by atoms with Gasteiger partial charge in [-0.1, -0.05) is 11.8 Å². The normalized spacial score (nSPS) is 8.61. The molecule has 0 amide bonds. The van der Waals surface area contributed by atoms with E-state index >= 15 is 0 Å². The summed E-state index contributed by atoms with van der Waals surface area (Å²) in [6.45, 7) is 7.48. The van der Waals surface area contributed by atoms with Gasteiger partial charge in [0.25, 0.3) is 0 Å². The van der Waals surface area contributed by atoms with Gasteiger partial charge in [-0.25, -0.2) is 9.97 Å². The van der Waals surface area contributed by atoms with Gasteiger partial charge in [-0.3, -0.25) is 0 Å². The minimum absolute atomic E-state index is 0.341. The Morgan fingerprint density at radius 3 is 2.67 bits per heavy atom. The first-order valence-electron chi connectivity index (χ1n) is 5.80. The van der Waals surface area contributed by atoms with Crippen LogP contribution < -0.4 is 9.64 Å². The molecule has 94 valence electrons. The molecule has 0 saturated heterocycles. The number of aromatic nitrogens is 2. The van der Waals surface area contributed by atoms with E-state index in [1.807, 2.05) is 6.92 Å². The Morgan fingerprint density at radius 2 is 2.00 bits per heavy atom. The fourth-order valence-electron chi connectivity index (χ4n) is 1.29. The zero-order chi connectivity index (χ0) is 13.2. The Morgan fingerprint density at radius 1 is 1.22 bits per heavy atom. The molecule has 0 N–H and O–H groups in total. The second-order valence-electron chi connectivity index (χ2n) is 3.37. The van der Waals surface area contributed by atoms with Gasteiger partial charge in [-0.15, -0.1) is 11.8 Å². The first kappa shape index (κ1) is 13.9. The van der Waals surface area contributed by atoms with Crippen LogP contribution in [0.3, 0.4) is 0 Å². The predicted molar refractivity (Wildman–Crippen MR) is 72.3 cm³/mol. The van der Waals surface area contributed by atoms with E-state index in [1.165, 1.54) is 6.33 Å². The van der Waals surface area contributed by atoms with Crippen LogP contribution in [0.4, 0.5) is 5.82 Å². The van der Waals surface area contributed by atoms with E-state index in [0.29, 0.717) is 19.0 Å². The van der Waals surface area contributed by atoms with Gasteiger partial charge in [-0.05, 0) is 20.8 Å². The molecule has 0 aliphatic rings. The largest absolute Gasteiger partial charge is 0.464 e. The van der Waals surface area contributed by atoms with Crippen molar-refractivity contribution in [1.82, 2.24) is 9.97 Å². The maximum Gasteiger partial charge on any atom is 0.219 e. The summed E-state index contributed by atoms with van der Waals surface area (Å²) in [5.74, 6) is 12.8.